The number of rotatable bonds is 4. The lowest BCUT2D eigenvalue weighted by Crippen LogP contribution is -2.32. The molecule has 1 unspecified atom stereocenters. The number of likely N-dealkylation sites (tertiary alicyclic amines) is 1. The zero-order valence-corrected chi connectivity index (χ0v) is 13.8. The molecule has 1 aromatic carbocycles. The Balaban J connectivity index is 0.00000288. The number of alkyl halides is 3. The minimum Gasteiger partial charge on any atom is -0.481 e. The van der Waals surface area contributed by atoms with E-state index in [0.717, 1.165) is 18.2 Å². The Hall–Kier alpha value is -1.51. The van der Waals surface area contributed by atoms with Crippen molar-refractivity contribution >= 4 is 41.6 Å². The van der Waals surface area contributed by atoms with Gasteiger partial charge in [-0.3, -0.25) is 14.5 Å². The number of carboxylic acid groups (broad SMARTS) is 1. The van der Waals surface area contributed by atoms with E-state index in [4.69, 9.17) is 16.7 Å². The van der Waals surface area contributed by atoms with Crippen LogP contribution in [-0.4, -0.2) is 41.5 Å². The van der Waals surface area contributed by atoms with E-state index in [-0.39, 0.29) is 36.2 Å². The largest absolute Gasteiger partial charge is 0.481 e. The fourth-order valence-electron chi connectivity index (χ4n) is 2.37. The highest BCUT2D eigenvalue weighted by atomic mass is 35.5. The maximum absolute atomic E-state index is 12.7. The number of carbonyl (C=O) groups excluding carboxylic acids is 1. The molecule has 1 saturated heterocycles. The zero-order valence-electron chi connectivity index (χ0n) is 12.3. The van der Waals surface area contributed by atoms with E-state index in [0.29, 0.717) is 13.0 Å². The number of nitrogens with one attached hydrogen (secondary N) is 1. The molecule has 0 aliphatic carbocycles. The number of aliphatic carboxylic acids is 1. The van der Waals surface area contributed by atoms with E-state index in [1.165, 1.54) is 0 Å². The predicted molar refractivity (Wildman–Crippen MR) is 84.5 cm³/mol. The second kappa shape index (κ2) is 8.04. The summed E-state index contributed by atoms with van der Waals surface area (Å²) in [5.41, 5.74) is -1.04. The Morgan fingerprint density at radius 1 is 1.38 bits per heavy atom. The molecule has 1 amide bonds. The summed E-state index contributed by atoms with van der Waals surface area (Å²) in [6, 6.07) is 2.66. The highest BCUT2D eigenvalue weighted by molar-refractivity contribution is 6.33. The van der Waals surface area contributed by atoms with Crippen molar-refractivity contribution in [2.45, 2.75) is 12.6 Å². The third-order valence-electron chi connectivity index (χ3n) is 3.56. The molecule has 1 aliphatic heterocycles. The minimum atomic E-state index is -4.53. The monoisotopic (exact) mass is 386 g/mol. The Morgan fingerprint density at radius 2 is 2.04 bits per heavy atom. The van der Waals surface area contributed by atoms with Gasteiger partial charge in [0, 0.05) is 6.54 Å². The summed E-state index contributed by atoms with van der Waals surface area (Å²) in [5.74, 6) is -1.99. The summed E-state index contributed by atoms with van der Waals surface area (Å²) in [7, 11) is 0. The number of benzene rings is 1. The molecule has 5 nitrogen and oxygen atoms in total. The summed E-state index contributed by atoms with van der Waals surface area (Å²) in [6.07, 6.45) is -4.10. The van der Waals surface area contributed by atoms with Gasteiger partial charge in [0.05, 0.1) is 28.7 Å². The molecule has 134 valence electrons. The topological polar surface area (TPSA) is 69.6 Å². The van der Waals surface area contributed by atoms with Gasteiger partial charge in [0.25, 0.3) is 0 Å². The molecule has 0 spiro atoms. The molecular formula is C14H15Cl2F3N2O3. The highest BCUT2D eigenvalue weighted by Crippen LogP contribution is 2.33. The molecule has 1 atom stereocenters. The smallest absolute Gasteiger partial charge is 0.416 e. The van der Waals surface area contributed by atoms with E-state index in [1.54, 1.807) is 4.90 Å². The molecule has 10 heteroatoms. The van der Waals surface area contributed by atoms with E-state index in [2.05, 4.69) is 5.32 Å². The second-order valence-electron chi connectivity index (χ2n) is 5.30. The van der Waals surface area contributed by atoms with Crippen molar-refractivity contribution in [3.63, 3.8) is 0 Å². The van der Waals surface area contributed by atoms with Crippen molar-refractivity contribution in [1.82, 2.24) is 4.90 Å². The molecule has 1 fully saturated rings. The lowest BCUT2D eigenvalue weighted by atomic mass is 10.1. The van der Waals surface area contributed by atoms with Gasteiger partial charge in [-0.15, -0.1) is 12.4 Å². The molecule has 1 aromatic rings. The summed E-state index contributed by atoms with van der Waals surface area (Å²) in [4.78, 5) is 24.4. The normalized spacial score (nSPS) is 18.1. The number of anilines is 1. The third kappa shape index (κ3) is 5.25. The quantitative estimate of drug-likeness (QED) is 0.833. The predicted octanol–water partition coefficient (Wildman–Crippen LogP) is 3.13. The number of halogens is 5. The van der Waals surface area contributed by atoms with Crippen LogP contribution in [0.1, 0.15) is 12.0 Å². The van der Waals surface area contributed by atoms with Gasteiger partial charge in [0.2, 0.25) is 5.91 Å². The van der Waals surface area contributed by atoms with Crippen molar-refractivity contribution < 1.29 is 27.9 Å². The van der Waals surface area contributed by atoms with Crippen LogP contribution in [0.3, 0.4) is 0 Å². The number of amides is 1. The maximum atomic E-state index is 12.7. The standard InChI is InChI=1S/C14H14ClF3N2O3.ClH/c15-10-2-1-9(14(16,17)18)5-11(10)19-12(21)7-20-4-3-8(6-20)13(22)23;/h1-2,5,8H,3-4,6-7H2,(H,19,21)(H,22,23);1H. The van der Waals surface area contributed by atoms with E-state index in [1.807, 2.05) is 0 Å². The molecule has 0 aromatic heterocycles. The Labute approximate surface area is 147 Å². The number of nitrogens with zero attached hydrogens (tertiary/aromatic N) is 1. The van der Waals surface area contributed by atoms with E-state index in [9.17, 15) is 22.8 Å². The van der Waals surface area contributed by atoms with Crippen molar-refractivity contribution in [2.75, 3.05) is 25.0 Å². The fourth-order valence-corrected chi connectivity index (χ4v) is 2.53. The van der Waals surface area contributed by atoms with Crippen LogP contribution in [-0.2, 0) is 15.8 Å². The van der Waals surface area contributed by atoms with Gasteiger partial charge in [-0.2, -0.15) is 13.2 Å². The summed E-state index contributed by atoms with van der Waals surface area (Å²) >= 11 is 5.80. The third-order valence-corrected chi connectivity index (χ3v) is 3.89. The number of hydrogen-bond acceptors (Lipinski definition) is 3. The molecule has 1 aliphatic rings. The average Bonchev–Trinajstić information content (AvgIpc) is 2.88. The number of hydrogen-bond donors (Lipinski definition) is 2. The van der Waals surface area contributed by atoms with Crippen LogP contribution in [0, 0.1) is 5.92 Å². The molecule has 2 N–H and O–H groups in total. The summed E-state index contributed by atoms with van der Waals surface area (Å²) < 4.78 is 38.0. The number of carbonyl (C=O) groups is 2. The van der Waals surface area contributed by atoms with Crippen molar-refractivity contribution in [3.05, 3.63) is 28.8 Å². The zero-order chi connectivity index (χ0) is 17.2. The maximum Gasteiger partial charge on any atom is 0.416 e. The Bertz CT molecular complexity index is 626. The van der Waals surface area contributed by atoms with Crippen LogP contribution in [0.4, 0.5) is 18.9 Å². The van der Waals surface area contributed by atoms with Gasteiger partial charge in [-0.05, 0) is 31.2 Å². The first-order chi connectivity index (χ1) is 10.7. The van der Waals surface area contributed by atoms with Crippen molar-refractivity contribution in [1.29, 1.82) is 0 Å². The van der Waals surface area contributed by atoms with Crippen LogP contribution in [0.25, 0.3) is 0 Å². The molecule has 2 rings (SSSR count). The minimum absolute atomic E-state index is 0. The molecule has 1 heterocycles. The van der Waals surface area contributed by atoms with Gasteiger partial charge in [-0.25, -0.2) is 0 Å². The van der Waals surface area contributed by atoms with Gasteiger partial charge >= 0.3 is 12.1 Å². The van der Waals surface area contributed by atoms with Crippen molar-refractivity contribution in [3.8, 4) is 0 Å². The first kappa shape index (κ1) is 20.5. The van der Waals surface area contributed by atoms with E-state index >= 15 is 0 Å². The fraction of sp³-hybridized carbons (Fsp3) is 0.429. The van der Waals surface area contributed by atoms with Crippen LogP contribution >= 0.6 is 24.0 Å². The van der Waals surface area contributed by atoms with Crippen molar-refractivity contribution in [2.24, 2.45) is 5.92 Å². The molecule has 0 radical (unpaired) electrons. The highest BCUT2D eigenvalue weighted by Gasteiger charge is 2.32. The van der Waals surface area contributed by atoms with Crippen LogP contribution in [0.5, 0.6) is 0 Å². The first-order valence-corrected chi connectivity index (χ1v) is 7.16. The van der Waals surface area contributed by atoms with Gasteiger partial charge in [0.15, 0.2) is 0 Å². The van der Waals surface area contributed by atoms with Crippen LogP contribution in [0.2, 0.25) is 5.02 Å². The Morgan fingerprint density at radius 3 is 2.58 bits per heavy atom. The van der Waals surface area contributed by atoms with Gasteiger partial charge in [-0.1, -0.05) is 11.6 Å². The van der Waals surface area contributed by atoms with Gasteiger partial charge < -0.3 is 10.4 Å². The number of carboxylic acids is 1. The van der Waals surface area contributed by atoms with Crippen LogP contribution in [0.15, 0.2) is 18.2 Å². The van der Waals surface area contributed by atoms with Crippen LogP contribution < -0.4 is 5.32 Å². The SMILES string of the molecule is Cl.O=C(CN1CCC(C(=O)O)C1)Nc1cc(C(F)(F)F)ccc1Cl. The lowest BCUT2D eigenvalue weighted by Gasteiger charge is -2.16. The summed E-state index contributed by atoms with van der Waals surface area (Å²) in [5, 5.41) is 11.2. The van der Waals surface area contributed by atoms with Gasteiger partial charge in [0.1, 0.15) is 0 Å². The average molecular weight is 387 g/mol. The molecule has 0 bridgehead atoms. The summed E-state index contributed by atoms with van der Waals surface area (Å²) in [6.45, 7) is 0.580. The second-order valence-corrected chi connectivity index (χ2v) is 5.71. The first-order valence-electron chi connectivity index (χ1n) is 6.78. The van der Waals surface area contributed by atoms with E-state index < -0.39 is 29.5 Å². The lowest BCUT2D eigenvalue weighted by molar-refractivity contribution is -0.141. The molecule has 0 saturated carbocycles. The molecule has 24 heavy (non-hydrogen) atoms. The molecular weight excluding hydrogens is 372 g/mol. The Kier molecular flexibility index (Phi) is 6.88.